The number of unbranched alkanes of at least 4 members (excludes halogenated alkanes) is 11. The van der Waals surface area contributed by atoms with E-state index in [4.69, 9.17) is 10.2 Å². The van der Waals surface area contributed by atoms with E-state index < -0.39 is 11.9 Å². The van der Waals surface area contributed by atoms with Crippen molar-refractivity contribution in [3.63, 3.8) is 0 Å². The van der Waals surface area contributed by atoms with Gasteiger partial charge in [0.15, 0.2) is 0 Å². The fourth-order valence-electron chi connectivity index (χ4n) is 2.53. The molecule has 132 valence electrons. The molecule has 0 radical (unpaired) electrons. The molecule has 0 aliphatic rings. The Kier molecular flexibility index (Phi) is 14.3. The van der Waals surface area contributed by atoms with Crippen molar-refractivity contribution in [3.05, 3.63) is 24.3 Å². The second-order valence-electron chi connectivity index (χ2n) is 5.99. The van der Waals surface area contributed by atoms with Crippen LogP contribution in [0.1, 0.15) is 83.5 Å². The summed E-state index contributed by atoms with van der Waals surface area (Å²) in [5.74, 6) is -1.59. The van der Waals surface area contributed by atoms with Crippen molar-refractivity contribution < 1.29 is 19.8 Å². The van der Waals surface area contributed by atoms with E-state index in [0.717, 1.165) is 38.5 Å². The highest BCUT2D eigenvalue weighted by atomic mass is 16.4. The molecule has 0 aliphatic heterocycles. The lowest BCUT2D eigenvalue weighted by Crippen LogP contribution is -1.96. The number of aliphatic carboxylic acids is 2. The Labute approximate surface area is 140 Å². The molecule has 0 amide bonds. The fourth-order valence-corrected chi connectivity index (χ4v) is 2.53. The summed E-state index contributed by atoms with van der Waals surface area (Å²) < 4.78 is 0. The van der Waals surface area contributed by atoms with Gasteiger partial charge in [0, 0.05) is 6.42 Å². The van der Waals surface area contributed by atoms with Gasteiger partial charge in [-0.05, 0) is 19.3 Å². The Bertz CT molecular complexity index is 372. The first kappa shape index (κ1) is 21.4. The quantitative estimate of drug-likeness (QED) is 0.228. The molecule has 2 N–H and O–H groups in total. The smallest absolute Gasteiger partial charge is 0.335 e. The lowest BCUT2D eigenvalue weighted by molar-refractivity contribution is -0.137. The topological polar surface area (TPSA) is 74.6 Å². The van der Waals surface area contributed by atoms with Crippen LogP contribution in [0, 0.1) is 0 Å². The summed E-state index contributed by atoms with van der Waals surface area (Å²) in [6.45, 7) is 3.49. The number of hydrogen-bond acceptors (Lipinski definition) is 2. The largest absolute Gasteiger partial charge is 0.481 e. The highest BCUT2D eigenvalue weighted by Gasteiger charge is 2.00. The van der Waals surface area contributed by atoms with Crippen LogP contribution in [0.25, 0.3) is 0 Å². The third kappa shape index (κ3) is 15.1. The third-order valence-corrected chi connectivity index (χ3v) is 3.93. The predicted octanol–water partition coefficient (Wildman–Crippen LogP) is 5.34. The molecule has 0 aromatic rings. The molecule has 0 saturated carbocycles. The van der Waals surface area contributed by atoms with Gasteiger partial charge in [0.1, 0.15) is 0 Å². The Morgan fingerprint density at radius 1 is 0.739 bits per heavy atom. The summed E-state index contributed by atoms with van der Waals surface area (Å²) in [4.78, 5) is 21.1. The molecule has 0 heterocycles. The maximum atomic E-state index is 10.7. The molecular formula is C19H32O4. The van der Waals surface area contributed by atoms with Crippen molar-refractivity contribution in [1.29, 1.82) is 0 Å². The van der Waals surface area contributed by atoms with E-state index in [1.165, 1.54) is 44.6 Å². The summed E-state index contributed by atoms with van der Waals surface area (Å²) in [5, 5.41) is 17.3. The number of carbonyl (C=O) groups is 2. The predicted molar refractivity (Wildman–Crippen MR) is 93.6 cm³/mol. The van der Waals surface area contributed by atoms with E-state index in [1.807, 2.05) is 0 Å². The standard InChI is InChI=1S/C19H32O4/c1-2-17(19(22)23)15-13-11-9-7-5-3-4-6-8-10-12-14-16-18(20)21/h2,15H,1,3-14,16H2,(H,20,21)(H,22,23). The molecule has 0 atom stereocenters. The first-order valence-corrected chi connectivity index (χ1v) is 8.85. The highest BCUT2D eigenvalue weighted by molar-refractivity contribution is 5.89. The molecule has 0 aromatic carbocycles. The van der Waals surface area contributed by atoms with E-state index in [1.54, 1.807) is 6.08 Å². The van der Waals surface area contributed by atoms with Gasteiger partial charge in [-0.3, -0.25) is 4.79 Å². The Morgan fingerprint density at radius 3 is 1.57 bits per heavy atom. The van der Waals surface area contributed by atoms with Gasteiger partial charge < -0.3 is 10.2 Å². The minimum Gasteiger partial charge on any atom is -0.481 e. The van der Waals surface area contributed by atoms with Crippen LogP contribution < -0.4 is 0 Å². The zero-order chi connectivity index (χ0) is 17.3. The van der Waals surface area contributed by atoms with Crippen LogP contribution >= 0.6 is 0 Å². The number of carboxylic acid groups (broad SMARTS) is 2. The maximum absolute atomic E-state index is 10.7. The second-order valence-corrected chi connectivity index (χ2v) is 5.99. The normalized spacial score (nSPS) is 11.4. The van der Waals surface area contributed by atoms with Crippen molar-refractivity contribution >= 4 is 11.9 Å². The van der Waals surface area contributed by atoms with Crippen molar-refractivity contribution in [3.8, 4) is 0 Å². The van der Waals surface area contributed by atoms with Crippen molar-refractivity contribution in [1.82, 2.24) is 0 Å². The summed E-state index contributed by atoms with van der Waals surface area (Å²) in [7, 11) is 0. The lowest BCUT2D eigenvalue weighted by Gasteiger charge is -2.02. The highest BCUT2D eigenvalue weighted by Crippen LogP contribution is 2.13. The van der Waals surface area contributed by atoms with Gasteiger partial charge in [-0.2, -0.15) is 0 Å². The Morgan fingerprint density at radius 2 is 1.17 bits per heavy atom. The minimum atomic E-state index is -0.900. The summed E-state index contributed by atoms with van der Waals surface area (Å²) >= 11 is 0. The van der Waals surface area contributed by atoms with Crippen molar-refractivity contribution in [2.75, 3.05) is 0 Å². The monoisotopic (exact) mass is 324 g/mol. The number of allylic oxidation sites excluding steroid dienone is 1. The van der Waals surface area contributed by atoms with Crippen LogP contribution in [0.15, 0.2) is 24.3 Å². The average Bonchev–Trinajstić information content (AvgIpc) is 2.50. The van der Waals surface area contributed by atoms with Gasteiger partial charge in [0.25, 0.3) is 0 Å². The van der Waals surface area contributed by atoms with Crippen molar-refractivity contribution in [2.45, 2.75) is 83.5 Å². The summed E-state index contributed by atoms with van der Waals surface area (Å²) in [6.07, 6.45) is 16.9. The van der Waals surface area contributed by atoms with Crippen LogP contribution in [-0.4, -0.2) is 22.2 Å². The van der Waals surface area contributed by atoms with E-state index in [9.17, 15) is 9.59 Å². The van der Waals surface area contributed by atoms with Gasteiger partial charge in [0.05, 0.1) is 5.57 Å². The number of hydrogen-bond donors (Lipinski definition) is 2. The molecule has 0 aliphatic carbocycles. The van der Waals surface area contributed by atoms with E-state index in [0.29, 0.717) is 12.0 Å². The molecule has 0 fully saturated rings. The van der Waals surface area contributed by atoms with Gasteiger partial charge >= 0.3 is 11.9 Å². The molecule has 0 spiro atoms. The first-order valence-electron chi connectivity index (χ1n) is 8.85. The minimum absolute atomic E-state index is 0.299. The van der Waals surface area contributed by atoms with Crippen molar-refractivity contribution in [2.24, 2.45) is 0 Å². The van der Waals surface area contributed by atoms with Crippen LogP contribution in [0.3, 0.4) is 0 Å². The van der Waals surface area contributed by atoms with E-state index in [-0.39, 0.29) is 0 Å². The second kappa shape index (κ2) is 15.3. The van der Waals surface area contributed by atoms with Gasteiger partial charge in [0.2, 0.25) is 0 Å². The zero-order valence-corrected chi connectivity index (χ0v) is 14.3. The molecular weight excluding hydrogens is 292 g/mol. The van der Waals surface area contributed by atoms with Crippen LogP contribution in [0.2, 0.25) is 0 Å². The average molecular weight is 324 g/mol. The fraction of sp³-hybridized carbons (Fsp3) is 0.684. The van der Waals surface area contributed by atoms with Crippen LogP contribution in [0.5, 0.6) is 0 Å². The van der Waals surface area contributed by atoms with Gasteiger partial charge in [-0.1, -0.05) is 76.5 Å². The number of rotatable bonds is 16. The van der Waals surface area contributed by atoms with Gasteiger partial charge in [-0.25, -0.2) is 4.79 Å². The summed E-state index contributed by atoms with van der Waals surface area (Å²) in [6, 6.07) is 0. The molecule has 0 rings (SSSR count). The zero-order valence-electron chi connectivity index (χ0n) is 14.3. The maximum Gasteiger partial charge on any atom is 0.335 e. The molecule has 23 heavy (non-hydrogen) atoms. The van der Waals surface area contributed by atoms with Crippen LogP contribution in [-0.2, 0) is 9.59 Å². The first-order chi connectivity index (χ1) is 11.1. The Hall–Kier alpha value is -1.58. The SMILES string of the molecule is C=CC(=CCCCCCCCCCCCCCC(=O)O)C(=O)O. The lowest BCUT2D eigenvalue weighted by atomic mass is 10.0. The molecule has 0 bridgehead atoms. The van der Waals surface area contributed by atoms with Gasteiger partial charge in [-0.15, -0.1) is 0 Å². The molecule has 4 nitrogen and oxygen atoms in total. The van der Waals surface area contributed by atoms with E-state index >= 15 is 0 Å². The number of carboxylic acids is 2. The molecule has 0 aromatic heterocycles. The van der Waals surface area contributed by atoms with Crippen LogP contribution in [0.4, 0.5) is 0 Å². The Balaban J connectivity index is 3.26. The molecule has 4 heteroatoms. The molecule has 0 saturated heterocycles. The van der Waals surface area contributed by atoms with E-state index in [2.05, 4.69) is 6.58 Å². The molecule has 0 unspecified atom stereocenters. The summed E-state index contributed by atoms with van der Waals surface area (Å²) in [5.41, 5.74) is 0.299. The third-order valence-electron chi connectivity index (χ3n) is 3.93.